The average Bonchev–Trinajstić information content (AvgIpc) is 3.63. The summed E-state index contributed by atoms with van der Waals surface area (Å²) < 4.78 is 9.40. The molecule has 2 aromatic rings. The number of benzene rings is 2. The van der Waals surface area contributed by atoms with E-state index in [1.165, 1.54) is 44.9 Å². The maximum absolute atomic E-state index is 12.8. The Balaban J connectivity index is 0.000000612. The van der Waals surface area contributed by atoms with E-state index >= 15 is 0 Å². The Morgan fingerprint density at radius 1 is 1.16 bits per heavy atom. The van der Waals surface area contributed by atoms with E-state index in [1.807, 2.05) is 56.5 Å². The molecule has 8 heteroatoms. The van der Waals surface area contributed by atoms with E-state index in [2.05, 4.69) is 32.4 Å². The molecule has 0 radical (unpaired) electrons. The molecule has 0 aromatic heterocycles. The predicted octanol–water partition coefficient (Wildman–Crippen LogP) is 5.11. The summed E-state index contributed by atoms with van der Waals surface area (Å²) in [6.07, 6.45) is 11.3. The number of anilines is 3. The third kappa shape index (κ3) is 7.43. The Morgan fingerprint density at radius 3 is 2.50 bits per heavy atom. The number of fused-ring (bicyclic) bond motifs is 1. The summed E-state index contributed by atoms with van der Waals surface area (Å²) in [6.45, 7) is 5.67. The molecule has 0 saturated heterocycles. The summed E-state index contributed by atoms with van der Waals surface area (Å²) >= 11 is 0. The molecular formula is C30H42N4O4. The maximum atomic E-state index is 12.8. The van der Waals surface area contributed by atoms with Crippen molar-refractivity contribution >= 4 is 29.4 Å². The van der Waals surface area contributed by atoms with Gasteiger partial charge in [0.15, 0.2) is 0 Å². The van der Waals surface area contributed by atoms with Crippen LogP contribution in [0.3, 0.4) is 0 Å². The predicted molar refractivity (Wildman–Crippen MR) is 153 cm³/mol. The number of nitrogens with zero attached hydrogens (tertiary/aromatic N) is 1. The number of hydrogen-bond donors (Lipinski definition) is 3. The van der Waals surface area contributed by atoms with Crippen molar-refractivity contribution in [3.05, 3.63) is 65.9 Å². The molecule has 0 spiro atoms. The van der Waals surface area contributed by atoms with Crippen LogP contribution >= 0.6 is 0 Å². The zero-order valence-electron chi connectivity index (χ0n) is 22.8. The zero-order valence-corrected chi connectivity index (χ0v) is 22.8. The molecule has 206 valence electrons. The summed E-state index contributed by atoms with van der Waals surface area (Å²) in [7, 11) is 1.31. The Labute approximate surface area is 226 Å². The topological polar surface area (TPSA) is 106 Å². The Hall–Kier alpha value is -3.68. The largest absolute Gasteiger partial charge is 0.501 e. The fourth-order valence-corrected chi connectivity index (χ4v) is 5.17. The average molecular weight is 523 g/mol. The van der Waals surface area contributed by atoms with Gasteiger partial charge >= 0.3 is 0 Å². The van der Waals surface area contributed by atoms with Crippen LogP contribution in [-0.4, -0.2) is 44.8 Å². The highest BCUT2D eigenvalue weighted by atomic mass is 16.5. The first-order valence-electron chi connectivity index (χ1n) is 13.7. The number of methoxy groups -OCH3 is 1. The Kier molecular flexibility index (Phi) is 11.3. The van der Waals surface area contributed by atoms with Gasteiger partial charge in [0.05, 0.1) is 37.3 Å². The van der Waals surface area contributed by atoms with Crippen molar-refractivity contribution in [2.75, 3.05) is 36.2 Å². The quantitative estimate of drug-likeness (QED) is 0.343. The van der Waals surface area contributed by atoms with Gasteiger partial charge < -0.3 is 30.7 Å². The molecule has 4 N–H and O–H groups in total. The van der Waals surface area contributed by atoms with Gasteiger partial charge in [-0.3, -0.25) is 9.59 Å². The SMILES string of the molecule is CC.COC=O.Nc1ccc(CCNC(=O)c2ccc3c(c2)NC(C2C=COC2)N3C2CCCCC2)cc1. The van der Waals surface area contributed by atoms with Crippen molar-refractivity contribution in [3.63, 3.8) is 0 Å². The highest BCUT2D eigenvalue weighted by Crippen LogP contribution is 2.42. The van der Waals surface area contributed by atoms with Gasteiger partial charge in [-0.15, -0.1) is 0 Å². The molecule has 3 aliphatic rings. The van der Waals surface area contributed by atoms with Crippen LogP contribution in [0.2, 0.25) is 0 Å². The van der Waals surface area contributed by atoms with Crippen LogP contribution in [0.4, 0.5) is 17.1 Å². The zero-order chi connectivity index (χ0) is 27.3. The minimum atomic E-state index is -0.0400. The van der Waals surface area contributed by atoms with Gasteiger partial charge in [-0.25, -0.2) is 0 Å². The molecule has 2 unspecified atom stereocenters. The van der Waals surface area contributed by atoms with E-state index < -0.39 is 0 Å². The van der Waals surface area contributed by atoms with Gasteiger partial charge in [0, 0.05) is 23.8 Å². The number of carbonyl (C=O) groups excluding carboxylic acids is 2. The second kappa shape index (κ2) is 14.9. The van der Waals surface area contributed by atoms with Crippen LogP contribution in [0.5, 0.6) is 0 Å². The maximum Gasteiger partial charge on any atom is 0.292 e. The summed E-state index contributed by atoms with van der Waals surface area (Å²) in [5, 5.41) is 6.76. The molecule has 1 aliphatic carbocycles. The van der Waals surface area contributed by atoms with Crippen molar-refractivity contribution in [2.24, 2.45) is 5.92 Å². The molecule has 1 fully saturated rings. The second-order valence-corrected chi connectivity index (χ2v) is 9.43. The standard InChI is InChI=1S/C26H32N4O2.C2H4O2.C2H6/c27-21-9-6-18(7-10-21)12-14-28-26(31)19-8-11-24-23(16-19)29-25(20-13-15-32-17-20)30(24)22-4-2-1-3-5-22;1-4-2-3;1-2/h6-11,13,15-16,20,22,25,29H,1-5,12,14,17,27H2,(H,28,31);2H,1H3;1-2H3. The molecule has 5 rings (SSSR count). The molecule has 8 nitrogen and oxygen atoms in total. The molecule has 1 amide bonds. The van der Waals surface area contributed by atoms with E-state index in [-0.39, 0.29) is 12.1 Å². The number of carbonyl (C=O) groups is 2. The van der Waals surface area contributed by atoms with Crippen LogP contribution in [0, 0.1) is 5.92 Å². The summed E-state index contributed by atoms with van der Waals surface area (Å²) in [6, 6.07) is 14.4. The number of rotatable bonds is 7. The van der Waals surface area contributed by atoms with Gasteiger partial charge in [-0.2, -0.15) is 0 Å². The number of nitrogens with two attached hydrogens (primary N) is 1. The van der Waals surface area contributed by atoms with E-state index in [0.29, 0.717) is 37.1 Å². The third-order valence-corrected chi connectivity index (χ3v) is 7.00. The van der Waals surface area contributed by atoms with Gasteiger partial charge in [-0.1, -0.05) is 45.2 Å². The first-order valence-corrected chi connectivity index (χ1v) is 13.7. The van der Waals surface area contributed by atoms with Crippen LogP contribution < -0.4 is 21.3 Å². The number of ether oxygens (including phenoxy) is 2. The fourth-order valence-electron chi connectivity index (χ4n) is 5.17. The minimum Gasteiger partial charge on any atom is -0.501 e. The first-order chi connectivity index (χ1) is 18.6. The highest BCUT2D eigenvalue weighted by Gasteiger charge is 2.39. The van der Waals surface area contributed by atoms with E-state index in [4.69, 9.17) is 15.3 Å². The van der Waals surface area contributed by atoms with Crippen molar-refractivity contribution in [2.45, 2.75) is 64.6 Å². The van der Waals surface area contributed by atoms with Gasteiger partial charge in [0.1, 0.15) is 6.17 Å². The molecule has 0 bridgehead atoms. The minimum absolute atomic E-state index is 0.0400. The van der Waals surface area contributed by atoms with Crippen molar-refractivity contribution in [1.82, 2.24) is 5.32 Å². The van der Waals surface area contributed by atoms with Crippen LogP contribution in [0.25, 0.3) is 0 Å². The first kappa shape index (κ1) is 28.9. The second-order valence-electron chi connectivity index (χ2n) is 9.43. The van der Waals surface area contributed by atoms with Crippen LogP contribution in [0.1, 0.15) is 61.9 Å². The smallest absolute Gasteiger partial charge is 0.292 e. The lowest BCUT2D eigenvalue weighted by molar-refractivity contribution is -0.126. The van der Waals surface area contributed by atoms with E-state index in [9.17, 15) is 4.79 Å². The summed E-state index contributed by atoms with van der Waals surface area (Å²) in [5.74, 6) is 0.267. The monoisotopic (exact) mass is 522 g/mol. The number of hydrogen-bond acceptors (Lipinski definition) is 7. The lowest BCUT2D eigenvalue weighted by Gasteiger charge is -2.38. The van der Waals surface area contributed by atoms with Gasteiger partial charge in [0.25, 0.3) is 12.4 Å². The van der Waals surface area contributed by atoms with Gasteiger partial charge in [-0.05, 0) is 61.2 Å². The molecule has 2 atom stereocenters. The number of amides is 1. The number of nitrogens with one attached hydrogen (secondary N) is 2. The molecular weight excluding hydrogens is 480 g/mol. The molecule has 1 saturated carbocycles. The molecule has 2 aliphatic heterocycles. The summed E-state index contributed by atoms with van der Waals surface area (Å²) in [5.41, 5.74) is 10.6. The third-order valence-electron chi connectivity index (χ3n) is 7.00. The Bertz CT molecular complexity index is 1050. The molecule has 2 aromatic carbocycles. The lowest BCUT2D eigenvalue weighted by atomic mass is 9.92. The highest BCUT2D eigenvalue weighted by molar-refractivity contribution is 5.97. The van der Waals surface area contributed by atoms with Crippen molar-refractivity contribution < 1.29 is 19.1 Å². The van der Waals surface area contributed by atoms with E-state index in [1.54, 1.807) is 0 Å². The fraction of sp³-hybridized carbons (Fsp3) is 0.467. The summed E-state index contributed by atoms with van der Waals surface area (Å²) in [4.78, 5) is 24.3. The van der Waals surface area contributed by atoms with E-state index in [0.717, 1.165) is 23.4 Å². The number of nitrogen functional groups attached to an aromatic ring is 1. The molecule has 2 heterocycles. The molecule has 38 heavy (non-hydrogen) atoms. The Morgan fingerprint density at radius 2 is 1.87 bits per heavy atom. The lowest BCUT2D eigenvalue weighted by Crippen LogP contribution is -2.48. The van der Waals surface area contributed by atoms with Crippen molar-refractivity contribution in [1.29, 1.82) is 0 Å². The van der Waals surface area contributed by atoms with Gasteiger partial charge in [0.2, 0.25) is 0 Å². The van der Waals surface area contributed by atoms with Crippen LogP contribution in [-0.2, 0) is 20.7 Å². The normalized spacial score (nSPS) is 19.5. The van der Waals surface area contributed by atoms with Crippen molar-refractivity contribution in [3.8, 4) is 0 Å². The van der Waals surface area contributed by atoms with Crippen LogP contribution in [0.15, 0.2) is 54.8 Å².